The number of benzene rings is 2. The molecule has 2 amide bonds. The lowest BCUT2D eigenvalue weighted by Crippen LogP contribution is -2.48. The fourth-order valence-corrected chi connectivity index (χ4v) is 2.50. The SMILES string of the molecule is CC(Cc1ccccc1)=NNC(=O)[C@H](NC(=O)c1ccccc1)C(C)C. The first-order valence-electron chi connectivity index (χ1n) is 8.70. The molecule has 0 radical (unpaired) electrons. The molecule has 0 fully saturated rings. The summed E-state index contributed by atoms with van der Waals surface area (Å²) in [5.41, 5.74) is 5.02. The van der Waals surface area contributed by atoms with Crippen LogP contribution in [0.25, 0.3) is 0 Å². The highest BCUT2D eigenvalue weighted by Gasteiger charge is 2.24. The maximum atomic E-state index is 12.5. The summed E-state index contributed by atoms with van der Waals surface area (Å²) >= 11 is 0. The Hall–Kier alpha value is -2.95. The Bertz CT molecular complexity index is 755. The summed E-state index contributed by atoms with van der Waals surface area (Å²) in [6, 6.07) is 18.1. The van der Waals surface area contributed by atoms with E-state index in [1.165, 1.54) is 0 Å². The number of nitrogens with zero attached hydrogens (tertiary/aromatic N) is 1. The molecule has 5 nitrogen and oxygen atoms in total. The van der Waals surface area contributed by atoms with Gasteiger partial charge < -0.3 is 5.32 Å². The number of nitrogens with one attached hydrogen (secondary N) is 2. The predicted molar refractivity (Wildman–Crippen MR) is 104 cm³/mol. The van der Waals surface area contributed by atoms with Gasteiger partial charge in [-0.2, -0.15) is 5.10 Å². The third-order valence-corrected chi connectivity index (χ3v) is 3.93. The Labute approximate surface area is 154 Å². The number of hydrogen-bond donors (Lipinski definition) is 2. The number of hydrogen-bond acceptors (Lipinski definition) is 3. The van der Waals surface area contributed by atoms with Crippen LogP contribution in [0.1, 0.15) is 36.7 Å². The Morgan fingerprint density at radius 3 is 2.12 bits per heavy atom. The molecule has 136 valence electrons. The van der Waals surface area contributed by atoms with Crippen molar-refractivity contribution in [2.24, 2.45) is 11.0 Å². The molecule has 0 aliphatic heterocycles. The lowest BCUT2D eigenvalue weighted by Gasteiger charge is -2.20. The van der Waals surface area contributed by atoms with Crippen molar-refractivity contribution in [1.82, 2.24) is 10.7 Å². The van der Waals surface area contributed by atoms with E-state index in [1.54, 1.807) is 24.3 Å². The Morgan fingerprint density at radius 1 is 0.962 bits per heavy atom. The van der Waals surface area contributed by atoms with Crippen molar-refractivity contribution in [3.8, 4) is 0 Å². The van der Waals surface area contributed by atoms with Crippen molar-refractivity contribution < 1.29 is 9.59 Å². The van der Waals surface area contributed by atoms with Crippen LogP contribution in [-0.2, 0) is 11.2 Å². The second-order valence-electron chi connectivity index (χ2n) is 6.55. The molecule has 0 aliphatic rings. The van der Waals surface area contributed by atoms with Gasteiger partial charge in [-0.1, -0.05) is 62.4 Å². The molecular formula is C21H25N3O2. The molecule has 0 bridgehead atoms. The largest absolute Gasteiger partial charge is 0.340 e. The molecule has 0 unspecified atom stereocenters. The van der Waals surface area contributed by atoms with Crippen LogP contribution in [0.5, 0.6) is 0 Å². The molecule has 0 spiro atoms. The van der Waals surface area contributed by atoms with Gasteiger partial charge in [-0.05, 0) is 30.5 Å². The van der Waals surface area contributed by atoms with E-state index in [-0.39, 0.29) is 17.7 Å². The Kier molecular flexibility index (Phi) is 7.09. The van der Waals surface area contributed by atoms with Crippen LogP contribution in [0.3, 0.4) is 0 Å². The first-order chi connectivity index (χ1) is 12.5. The zero-order valence-electron chi connectivity index (χ0n) is 15.4. The number of carbonyl (C=O) groups excluding carboxylic acids is 2. The van der Waals surface area contributed by atoms with Gasteiger partial charge in [0.15, 0.2) is 0 Å². The number of hydrazone groups is 1. The van der Waals surface area contributed by atoms with Crippen molar-refractivity contribution in [3.05, 3.63) is 71.8 Å². The van der Waals surface area contributed by atoms with Gasteiger partial charge in [0, 0.05) is 17.7 Å². The number of rotatable bonds is 7. The molecule has 1 atom stereocenters. The molecular weight excluding hydrogens is 326 g/mol. The Balaban J connectivity index is 1.97. The maximum Gasteiger partial charge on any atom is 0.262 e. The van der Waals surface area contributed by atoms with E-state index in [0.29, 0.717) is 12.0 Å². The topological polar surface area (TPSA) is 70.6 Å². The fraction of sp³-hybridized carbons (Fsp3) is 0.286. The molecule has 2 N–H and O–H groups in total. The van der Waals surface area contributed by atoms with Gasteiger partial charge in [-0.3, -0.25) is 9.59 Å². The van der Waals surface area contributed by atoms with E-state index in [4.69, 9.17) is 0 Å². The molecule has 2 aromatic rings. The lowest BCUT2D eigenvalue weighted by molar-refractivity contribution is -0.123. The second kappa shape index (κ2) is 9.51. The highest BCUT2D eigenvalue weighted by molar-refractivity contribution is 5.97. The van der Waals surface area contributed by atoms with Crippen molar-refractivity contribution in [1.29, 1.82) is 0 Å². The zero-order chi connectivity index (χ0) is 18.9. The van der Waals surface area contributed by atoms with E-state index in [9.17, 15) is 9.59 Å². The van der Waals surface area contributed by atoms with E-state index >= 15 is 0 Å². The zero-order valence-corrected chi connectivity index (χ0v) is 15.4. The van der Waals surface area contributed by atoms with Gasteiger partial charge in [0.2, 0.25) is 0 Å². The van der Waals surface area contributed by atoms with Crippen molar-refractivity contribution in [2.75, 3.05) is 0 Å². The van der Waals surface area contributed by atoms with Crippen molar-refractivity contribution in [2.45, 2.75) is 33.2 Å². The van der Waals surface area contributed by atoms with Crippen LogP contribution < -0.4 is 10.7 Å². The fourth-order valence-electron chi connectivity index (χ4n) is 2.50. The minimum absolute atomic E-state index is 0.0627. The second-order valence-corrected chi connectivity index (χ2v) is 6.55. The minimum Gasteiger partial charge on any atom is -0.340 e. The molecule has 0 saturated carbocycles. The van der Waals surface area contributed by atoms with Crippen LogP contribution in [-0.4, -0.2) is 23.6 Å². The van der Waals surface area contributed by atoms with Crippen molar-refractivity contribution >= 4 is 17.5 Å². The van der Waals surface area contributed by atoms with Gasteiger partial charge in [0.1, 0.15) is 6.04 Å². The van der Waals surface area contributed by atoms with E-state index in [2.05, 4.69) is 15.8 Å². The predicted octanol–water partition coefficient (Wildman–Crippen LogP) is 3.18. The summed E-state index contributed by atoms with van der Waals surface area (Å²) in [6.07, 6.45) is 0.657. The molecule has 2 aromatic carbocycles. The summed E-state index contributed by atoms with van der Waals surface area (Å²) in [4.78, 5) is 24.8. The standard InChI is InChI=1S/C21H25N3O2/c1-15(2)19(22-20(25)18-12-8-5-9-13-18)21(26)24-23-16(3)14-17-10-6-4-7-11-17/h4-13,15,19H,14H2,1-3H3,(H,22,25)(H,24,26)/t19-/m1/s1. The van der Waals surface area contributed by atoms with Crippen LogP contribution >= 0.6 is 0 Å². The third-order valence-electron chi connectivity index (χ3n) is 3.93. The van der Waals surface area contributed by atoms with Crippen LogP contribution in [0.2, 0.25) is 0 Å². The summed E-state index contributed by atoms with van der Waals surface area (Å²) in [7, 11) is 0. The molecule has 0 saturated heterocycles. The average Bonchev–Trinajstić information content (AvgIpc) is 2.65. The molecule has 0 aromatic heterocycles. The Morgan fingerprint density at radius 2 is 1.54 bits per heavy atom. The maximum absolute atomic E-state index is 12.5. The first-order valence-corrected chi connectivity index (χ1v) is 8.70. The van der Waals surface area contributed by atoms with Gasteiger partial charge in [-0.15, -0.1) is 0 Å². The van der Waals surface area contributed by atoms with E-state index in [1.807, 2.05) is 57.2 Å². The smallest absolute Gasteiger partial charge is 0.262 e. The summed E-state index contributed by atoms with van der Waals surface area (Å²) in [6.45, 7) is 5.63. The number of carbonyl (C=O) groups is 2. The molecule has 26 heavy (non-hydrogen) atoms. The lowest BCUT2D eigenvalue weighted by atomic mass is 10.0. The van der Waals surface area contributed by atoms with Crippen LogP contribution in [0.4, 0.5) is 0 Å². The minimum atomic E-state index is -0.656. The van der Waals surface area contributed by atoms with Crippen molar-refractivity contribution in [3.63, 3.8) is 0 Å². The monoisotopic (exact) mass is 351 g/mol. The van der Waals surface area contributed by atoms with Gasteiger partial charge in [0.05, 0.1) is 0 Å². The van der Waals surface area contributed by atoms with Gasteiger partial charge in [-0.25, -0.2) is 5.43 Å². The molecule has 0 aliphatic carbocycles. The highest BCUT2D eigenvalue weighted by atomic mass is 16.2. The molecule has 2 rings (SSSR count). The summed E-state index contributed by atoms with van der Waals surface area (Å²) in [5, 5.41) is 6.95. The number of amides is 2. The quantitative estimate of drug-likeness (QED) is 0.594. The van der Waals surface area contributed by atoms with Crippen LogP contribution in [0, 0.1) is 5.92 Å². The third kappa shape index (κ3) is 5.84. The molecule has 0 heterocycles. The highest BCUT2D eigenvalue weighted by Crippen LogP contribution is 2.06. The normalized spacial score (nSPS) is 12.5. The molecule has 5 heteroatoms. The van der Waals surface area contributed by atoms with Crippen LogP contribution in [0.15, 0.2) is 65.8 Å². The van der Waals surface area contributed by atoms with E-state index < -0.39 is 6.04 Å². The summed E-state index contributed by atoms with van der Waals surface area (Å²) in [5.74, 6) is -0.659. The van der Waals surface area contributed by atoms with Gasteiger partial charge >= 0.3 is 0 Å². The first kappa shape index (κ1) is 19.4. The summed E-state index contributed by atoms with van der Waals surface area (Å²) < 4.78 is 0. The van der Waals surface area contributed by atoms with E-state index in [0.717, 1.165) is 11.3 Å². The average molecular weight is 351 g/mol. The van der Waals surface area contributed by atoms with Gasteiger partial charge in [0.25, 0.3) is 11.8 Å².